The van der Waals surface area contributed by atoms with Crippen LogP contribution in [0.4, 0.5) is 0 Å². The summed E-state index contributed by atoms with van der Waals surface area (Å²) >= 11 is 0. The molecule has 0 aromatic carbocycles. The van der Waals surface area contributed by atoms with Crippen molar-refractivity contribution < 1.29 is 9.53 Å². The number of carbonyl (C=O) groups is 1. The SMILES string of the molecule is CCC(=O)N1CCC(c2cncc(Oc3cccnc3)n2)CC1. The molecular formula is C17H20N4O2. The van der Waals surface area contributed by atoms with E-state index in [4.69, 9.17) is 4.74 Å². The van der Waals surface area contributed by atoms with Crippen LogP contribution in [-0.4, -0.2) is 38.8 Å². The third kappa shape index (κ3) is 3.83. The highest BCUT2D eigenvalue weighted by Gasteiger charge is 2.24. The highest BCUT2D eigenvalue weighted by atomic mass is 16.5. The zero-order valence-electron chi connectivity index (χ0n) is 13.2. The molecule has 1 amide bonds. The fourth-order valence-electron chi connectivity index (χ4n) is 2.78. The lowest BCUT2D eigenvalue weighted by molar-refractivity contribution is -0.131. The minimum atomic E-state index is 0.225. The lowest BCUT2D eigenvalue weighted by Gasteiger charge is -2.31. The Morgan fingerprint density at radius 1 is 1.26 bits per heavy atom. The number of piperidine rings is 1. The quantitative estimate of drug-likeness (QED) is 0.868. The molecular weight excluding hydrogens is 292 g/mol. The van der Waals surface area contributed by atoms with Crippen LogP contribution < -0.4 is 4.74 Å². The Bertz CT molecular complexity index is 655. The molecule has 2 aromatic rings. The Kier molecular flexibility index (Phi) is 4.80. The first kappa shape index (κ1) is 15.4. The second-order valence-electron chi connectivity index (χ2n) is 5.58. The molecule has 0 saturated carbocycles. The molecule has 1 aliphatic rings. The van der Waals surface area contributed by atoms with E-state index in [0.717, 1.165) is 31.6 Å². The van der Waals surface area contributed by atoms with Crippen LogP contribution >= 0.6 is 0 Å². The molecule has 0 aliphatic carbocycles. The molecule has 0 radical (unpaired) electrons. The monoisotopic (exact) mass is 312 g/mol. The van der Waals surface area contributed by atoms with E-state index in [2.05, 4.69) is 15.0 Å². The molecule has 1 saturated heterocycles. The van der Waals surface area contributed by atoms with E-state index in [-0.39, 0.29) is 5.91 Å². The first-order chi connectivity index (χ1) is 11.3. The largest absolute Gasteiger partial charge is 0.436 e. The molecule has 6 nitrogen and oxygen atoms in total. The number of rotatable bonds is 4. The summed E-state index contributed by atoms with van der Waals surface area (Å²) < 4.78 is 5.69. The highest BCUT2D eigenvalue weighted by molar-refractivity contribution is 5.75. The van der Waals surface area contributed by atoms with Crippen molar-refractivity contribution in [1.82, 2.24) is 19.9 Å². The summed E-state index contributed by atoms with van der Waals surface area (Å²) in [4.78, 5) is 26.5. The van der Waals surface area contributed by atoms with Crippen LogP contribution in [0.25, 0.3) is 0 Å². The normalized spacial score (nSPS) is 15.4. The molecule has 0 atom stereocenters. The van der Waals surface area contributed by atoms with Crippen molar-refractivity contribution in [3.05, 3.63) is 42.6 Å². The zero-order valence-corrected chi connectivity index (χ0v) is 13.2. The third-order valence-corrected chi connectivity index (χ3v) is 4.06. The molecule has 6 heteroatoms. The Morgan fingerprint density at radius 3 is 2.78 bits per heavy atom. The van der Waals surface area contributed by atoms with Crippen LogP contribution in [0.15, 0.2) is 36.9 Å². The van der Waals surface area contributed by atoms with Gasteiger partial charge in [-0.1, -0.05) is 6.92 Å². The molecule has 1 aliphatic heterocycles. The van der Waals surface area contributed by atoms with Crippen LogP contribution in [0.5, 0.6) is 11.6 Å². The van der Waals surface area contributed by atoms with Crippen molar-refractivity contribution in [3.8, 4) is 11.6 Å². The second-order valence-corrected chi connectivity index (χ2v) is 5.58. The number of nitrogens with zero attached hydrogens (tertiary/aromatic N) is 4. The van der Waals surface area contributed by atoms with Crippen molar-refractivity contribution in [3.63, 3.8) is 0 Å². The average Bonchev–Trinajstić information content (AvgIpc) is 2.62. The predicted molar refractivity (Wildman–Crippen MR) is 85.2 cm³/mol. The maximum Gasteiger partial charge on any atom is 0.238 e. The van der Waals surface area contributed by atoms with Gasteiger partial charge in [-0.2, -0.15) is 0 Å². The summed E-state index contributed by atoms with van der Waals surface area (Å²) in [6.45, 7) is 3.47. The van der Waals surface area contributed by atoms with Crippen molar-refractivity contribution >= 4 is 5.91 Å². The molecule has 0 bridgehead atoms. The number of pyridine rings is 1. The number of hydrogen-bond acceptors (Lipinski definition) is 5. The van der Waals surface area contributed by atoms with Crippen LogP contribution in [0.2, 0.25) is 0 Å². The first-order valence-electron chi connectivity index (χ1n) is 7.94. The molecule has 3 heterocycles. The van der Waals surface area contributed by atoms with E-state index in [0.29, 0.717) is 24.0 Å². The van der Waals surface area contributed by atoms with Gasteiger partial charge in [0.05, 0.1) is 18.1 Å². The van der Waals surface area contributed by atoms with Gasteiger partial charge in [-0.15, -0.1) is 0 Å². The summed E-state index contributed by atoms with van der Waals surface area (Å²) in [6.07, 6.45) is 9.13. The molecule has 0 spiro atoms. The molecule has 2 aromatic heterocycles. The fourth-order valence-corrected chi connectivity index (χ4v) is 2.78. The Hall–Kier alpha value is -2.50. The second kappa shape index (κ2) is 7.17. The molecule has 0 unspecified atom stereocenters. The van der Waals surface area contributed by atoms with Crippen LogP contribution in [-0.2, 0) is 4.79 Å². The van der Waals surface area contributed by atoms with Gasteiger partial charge in [-0.3, -0.25) is 14.8 Å². The number of ether oxygens (including phenoxy) is 1. The van der Waals surface area contributed by atoms with Gasteiger partial charge in [-0.05, 0) is 25.0 Å². The fraction of sp³-hybridized carbons (Fsp3) is 0.412. The molecule has 23 heavy (non-hydrogen) atoms. The highest BCUT2D eigenvalue weighted by Crippen LogP contribution is 2.28. The number of aromatic nitrogens is 3. The molecule has 3 rings (SSSR count). The average molecular weight is 312 g/mol. The number of carbonyl (C=O) groups excluding carboxylic acids is 1. The number of amides is 1. The molecule has 0 N–H and O–H groups in total. The zero-order chi connectivity index (χ0) is 16.1. The van der Waals surface area contributed by atoms with Gasteiger partial charge in [0.2, 0.25) is 11.8 Å². The van der Waals surface area contributed by atoms with E-state index < -0.39 is 0 Å². The van der Waals surface area contributed by atoms with Gasteiger partial charge in [0.1, 0.15) is 5.75 Å². The summed E-state index contributed by atoms with van der Waals surface area (Å²) in [6, 6.07) is 3.64. The van der Waals surface area contributed by atoms with Gasteiger partial charge in [-0.25, -0.2) is 4.98 Å². The van der Waals surface area contributed by atoms with E-state index in [1.54, 1.807) is 24.8 Å². The molecule has 1 fully saturated rings. The maximum absolute atomic E-state index is 11.7. The summed E-state index contributed by atoms with van der Waals surface area (Å²) in [5.41, 5.74) is 0.926. The first-order valence-corrected chi connectivity index (χ1v) is 7.94. The van der Waals surface area contributed by atoms with Crippen LogP contribution in [0, 0.1) is 0 Å². The number of likely N-dealkylation sites (tertiary alicyclic amines) is 1. The maximum atomic E-state index is 11.7. The van der Waals surface area contributed by atoms with Gasteiger partial charge >= 0.3 is 0 Å². The summed E-state index contributed by atoms with van der Waals surface area (Å²) in [5, 5.41) is 0. The van der Waals surface area contributed by atoms with Gasteiger partial charge < -0.3 is 9.64 Å². The minimum Gasteiger partial charge on any atom is -0.436 e. The summed E-state index contributed by atoms with van der Waals surface area (Å²) in [7, 11) is 0. The van der Waals surface area contributed by atoms with E-state index in [1.165, 1.54) is 0 Å². The summed E-state index contributed by atoms with van der Waals surface area (Å²) in [5.74, 6) is 1.66. The predicted octanol–water partition coefficient (Wildman–Crippen LogP) is 2.78. The van der Waals surface area contributed by atoms with Crippen molar-refractivity contribution in [2.24, 2.45) is 0 Å². The third-order valence-electron chi connectivity index (χ3n) is 4.06. The van der Waals surface area contributed by atoms with Gasteiger partial charge in [0.25, 0.3) is 0 Å². The van der Waals surface area contributed by atoms with Crippen LogP contribution in [0.1, 0.15) is 37.8 Å². The Balaban J connectivity index is 1.65. The van der Waals surface area contributed by atoms with Crippen LogP contribution in [0.3, 0.4) is 0 Å². The van der Waals surface area contributed by atoms with Gasteiger partial charge in [0.15, 0.2) is 0 Å². The van der Waals surface area contributed by atoms with Crippen molar-refractivity contribution in [2.75, 3.05) is 13.1 Å². The Morgan fingerprint density at radius 2 is 2.09 bits per heavy atom. The lowest BCUT2D eigenvalue weighted by Crippen LogP contribution is -2.37. The van der Waals surface area contributed by atoms with E-state index in [1.807, 2.05) is 24.0 Å². The standard InChI is InChI=1S/C17H20N4O2/c1-2-17(22)21-8-5-13(6-9-21)15-11-19-12-16(20-15)23-14-4-3-7-18-10-14/h3-4,7,10-13H,2,5-6,8-9H2,1H3. The van der Waals surface area contributed by atoms with Crippen molar-refractivity contribution in [1.29, 1.82) is 0 Å². The van der Waals surface area contributed by atoms with E-state index >= 15 is 0 Å². The lowest BCUT2D eigenvalue weighted by atomic mass is 9.93. The van der Waals surface area contributed by atoms with Gasteiger partial charge in [0, 0.05) is 37.8 Å². The van der Waals surface area contributed by atoms with Crippen molar-refractivity contribution in [2.45, 2.75) is 32.1 Å². The smallest absolute Gasteiger partial charge is 0.238 e. The topological polar surface area (TPSA) is 68.2 Å². The van der Waals surface area contributed by atoms with E-state index in [9.17, 15) is 4.79 Å². The minimum absolute atomic E-state index is 0.225. The number of hydrogen-bond donors (Lipinski definition) is 0. The molecule has 120 valence electrons. The Labute approximate surface area is 135 Å².